The number of carbonyl (C=O) groups is 1. The molecule has 1 fully saturated rings. The Hall–Kier alpha value is -1.55. The van der Waals surface area contributed by atoms with Gasteiger partial charge in [0.2, 0.25) is 5.91 Å². The highest BCUT2D eigenvalue weighted by Crippen LogP contribution is 2.31. The molecule has 0 aromatic heterocycles. The molecular formula is C16H24N2O2. The Morgan fingerprint density at radius 2 is 2.15 bits per heavy atom. The lowest BCUT2D eigenvalue weighted by Gasteiger charge is -2.16. The van der Waals surface area contributed by atoms with Gasteiger partial charge in [-0.1, -0.05) is 25.1 Å². The van der Waals surface area contributed by atoms with Gasteiger partial charge in [-0.2, -0.15) is 0 Å². The van der Waals surface area contributed by atoms with Gasteiger partial charge < -0.3 is 15.8 Å². The lowest BCUT2D eigenvalue weighted by molar-refractivity contribution is -0.121. The molecule has 110 valence electrons. The number of amides is 1. The Balaban J connectivity index is 1.83. The Bertz CT molecular complexity index is 458. The van der Waals surface area contributed by atoms with Crippen LogP contribution in [0.4, 0.5) is 0 Å². The van der Waals surface area contributed by atoms with Crippen molar-refractivity contribution < 1.29 is 9.53 Å². The molecule has 1 aliphatic rings. The predicted octanol–water partition coefficient (Wildman–Crippen LogP) is 2.04. The molecule has 2 atom stereocenters. The van der Waals surface area contributed by atoms with Crippen molar-refractivity contribution in [2.45, 2.75) is 38.1 Å². The summed E-state index contributed by atoms with van der Waals surface area (Å²) in [6.07, 6.45) is 2.86. The molecule has 4 heteroatoms. The summed E-state index contributed by atoms with van der Waals surface area (Å²) in [6.45, 7) is 2.63. The third-order valence-corrected chi connectivity index (χ3v) is 3.92. The molecule has 0 aliphatic heterocycles. The molecule has 2 rings (SSSR count). The second-order valence-electron chi connectivity index (χ2n) is 5.65. The summed E-state index contributed by atoms with van der Waals surface area (Å²) >= 11 is 0. The molecule has 0 saturated heterocycles. The van der Waals surface area contributed by atoms with E-state index in [1.54, 1.807) is 7.11 Å². The van der Waals surface area contributed by atoms with Crippen molar-refractivity contribution >= 4 is 5.91 Å². The fraction of sp³-hybridized carbons (Fsp3) is 0.562. The molecule has 1 amide bonds. The molecule has 4 nitrogen and oxygen atoms in total. The van der Waals surface area contributed by atoms with E-state index < -0.39 is 0 Å². The largest absolute Gasteiger partial charge is 0.496 e. The zero-order valence-electron chi connectivity index (χ0n) is 12.3. The van der Waals surface area contributed by atoms with Crippen molar-refractivity contribution in [3.8, 4) is 5.75 Å². The number of hydrogen-bond donors (Lipinski definition) is 2. The Labute approximate surface area is 120 Å². The Kier molecular flexibility index (Phi) is 5.01. The third-order valence-electron chi connectivity index (χ3n) is 3.92. The van der Waals surface area contributed by atoms with Gasteiger partial charge in [-0.3, -0.25) is 4.79 Å². The number of nitrogens with two attached hydrogens (primary N) is 1. The first kappa shape index (κ1) is 14.9. The summed E-state index contributed by atoms with van der Waals surface area (Å²) < 4.78 is 5.33. The number of para-hydroxylation sites is 1. The number of hydrogen-bond acceptors (Lipinski definition) is 3. The summed E-state index contributed by atoms with van der Waals surface area (Å²) in [5.41, 5.74) is 7.05. The number of carbonyl (C=O) groups excluding carboxylic acids is 1. The maximum atomic E-state index is 12.0. The number of benzene rings is 1. The van der Waals surface area contributed by atoms with Crippen molar-refractivity contribution in [3.63, 3.8) is 0 Å². The van der Waals surface area contributed by atoms with Crippen LogP contribution in [0.2, 0.25) is 0 Å². The minimum absolute atomic E-state index is 0.0551. The Morgan fingerprint density at radius 3 is 2.80 bits per heavy atom. The zero-order valence-corrected chi connectivity index (χ0v) is 12.3. The van der Waals surface area contributed by atoms with Crippen LogP contribution in [-0.2, 0) is 4.79 Å². The number of nitrogens with one attached hydrogen (secondary N) is 1. The fourth-order valence-electron chi connectivity index (χ4n) is 2.46. The normalized spacial score (nSPS) is 17.4. The lowest BCUT2D eigenvalue weighted by Crippen LogP contribution is -2.38. The van der Waals surface area contributed by atoms with Crippen LogP contribution in [0.3, 0.4) is 0 Å². The molecule has 0 radical (unpaired) electrons. The van der Waals surface area contributed by atoms with Crippen molar-refractivity contribution in [2.75, 3.05) is 13.7 Å². The summed E-state index contributed by atoms with van der Waals surface area (Å²) in [5.74, 6) is 1.63. The number of methoxy groups -OCH3 is 1. The van der Waals surface area contributed by atoms with E-state index in [1.165, 1.54) is 12.8 Å². The number of ether oxygens (including phenoxy) is 1. The molecule has 0 spiro atoms. The highest BCUT2D eigenvalue weighted by atomic mass is 16.5. The molecule has 1 saturated carbocycles. The van der Waals surface area contributed by atoms with E-state index >= 15 is 0 Å². The second-order valence-corrected chi connectivity index (χ2v) is 5.65. The molecular weight excluding hydrogens is 252 g/mol. The highest BCUT2D eigenvalue weighted by molar-refractivity contribution is 5.77. The van der Waals surface area contributed by atoms with E-state index in [0.29, 0.717) is 18.9 Å². The molecule has 20 heavy (non-hydrogen) atoms. The minimum atomic E-state index is 0.0551. The van der Waals surface area contributed by atoms with E-state index in [1.807, 2.05) is 31.2 Å². The maximum absolute atomic E-state index is 12.0. The fourth-order valence-corrected chi connectivity index (χ4v) is 2.46. The van der Waals surface area contributed by atoms with Crippen LogP contribution in [0.1, 0.15) is 37.7 Å². The van der Waals surface area contributed by atoms with E-state index in [0.717, 1.165) is 11.3 Å². The Morgan fingerprint density at radius 1 is 1.45 bits per heavy atom. The van der Waals surface area contributed by atoms with Crippen LogP contribution in [0.5, 0.6) is 5.75 Å². The van der Waals surface area contributed by atoms with E-state index in [9.17, 15) is 4.79 Å². The first-order chi connectivity index (χ1) is 9.61. The quantitative estimate of drug-likeness (QED) is 0.801. The lowest BCUT2D eigenvalue weighted by atomic mass is 9.96. The SMILES string of the molecule is COc1ccccc1C(C)CC(=O)NCC(N)C1CC1. The summed E-state index contributed by atoms with van der Waals surface area (Å²) in [4.78, 5) is 12.0. The average molecular weight is 276 g/mol. The van der Waals surface area contributed by atoms with Gasteiger partial charge in [0.25, 0.3) is 0 Å². The standard InChI is InChI=1S/C16H24N2O2/c1-11(13-5-3-4-6-15(13)20-2)9-16(19)18-10-14(17)12-7-8-12/h3-6,11-12,14H,7-10,17H2,1-2H3,(H,18,19). The van der Waals surface area contributed by atoms with Crippen molar-refractivity contribution in [2.24, 2.45) is 11.7 Å². The van der Waals surface area contributed by atoms with Crippen molar-refractivity contribution in [1.82, 2.24) is 5.32 Å². The topological polar surface area (TPSA) is 64.3 Å². The predicted molar refractivity (Wildman–Crippen MR) is 79.7 cm³/mol. The third kappa shape index (κ3) is 3.97. The molecule has 1 aromatic rings. The number of rotatable bonds is 7. The van der Waals surface area contributed by atoms with Crippen LogP contribution < -0.4 is 15.8 Å². The van der Waals surface area contributed by atoms with Gasteiger partial charge in [0.15, 0.2) is 0 Å². The van der Waals surface area contributed by atoms with E-state index in [2.05, 4.69) is 5.32 Å². The molecule has 2 unspecified atom stereocenters. The van der Waals surface area contributed by atoms with Gasteiger partial charge in [-0.05, 0) is 36.3 Å². The van der Waals surface area contributed by atoms with E-state index in [4.69, 9.17) is 10.5 Å². The molecule has 1 aromatic carbocycles. The van der Waals surface area contributed by atoms with Gasteiger partial charge in [0.05, 0.1) is 7.11 Å². The summed E-state index contributed by atoms with van der Waals surface area (Å²) in [6, 6.07) is 7.94. The maximum Gasteiger partial charge on any atom is 0.220 e. The summed E-state index contributed by atoms with van der Waals surface area (Å²) in [5, 5.41) is 2.94. The molecule has 0 bridgehead atoms. The zero-order chi connectivity index (χ0) is 14.5. The van der Waals surface area contributed by atoms with Gasteiger partial charge in [0, 0.05) is 19.0 Å². The monoisotopic (exact) mass is 276 g/mol. The molecule has 0 heterocycles. The highest BCUT2D eigenvalue weighted by Gasteiger charge is 2.28. The van der Waals surface area contributed by atoms with Crippen LogP contribution in [0.15, 0.2) is 24.3 Å². The van der Waals surface area contributed by atoms with Gasteiger partial charge in [-0.15, -0.1) is 0 Å². The van der Waals surface area contributed by atoms with Gasteiger partial charge in [-0.25, -0.2) is 0 Å². The molecule has 3 N–H and O–H groups in total. The first-order valence-electron chi connectivity index (χ1n) is 7.27. The minimum Gasteiger partial charge on any atom is -0.496 e. The molecule has 1 aliphatic carbocycles. The van der Waals surface area contributed by atoms with Crippen molar-refractivity contribution in [1.29, 1.82) is 0 Å². The second kappa shape index (κ2) is 6.75. The van der Waals surface area contributed by atoms with Crippen LogP contribution in [0, 0.1) is 5.92 Å². The van der Waals surface area contributed by atoms with Crippen LogP contribution >= 0.6 is 0 Å². The van der Waals surface area contributed by atoms with Crippen LogP contribution in [0.25, 0.3) is 0 Å². The first-order valence-corrected chi connectivity index (χ1v) is 7.27. The van der Waals surface area contributed by atoms with Gasteiger partial charge >= 0.3 is 0 Å². The van der Waals surface area contributed by atoms with Crippen molar-refractivity contribution in [3.05, 3.63) is 29.8 Å². The van der Waals surface area contributed by atoms with E-state index in [-0.39, 0.29) is 17.9 Å². The average Bonchev–Trinajstić information content (AvgIpc) is 3.29. The summed E-state index contributed by atoms with van der Waals surface area (Å²) in [7, 11) is 1.65. The van der Waals surface area contributed by atoms with Gasteiger partial charge in [0.1, 0.15) is 5.75 Å². The van der Waals surface area contributed by atoms with Crippen LogP contribution in [-0.4, -0.2) is 25.6 Å². The smallest absolute Gasteiger partial charge is 0.220 e.